The molecule has 3 rings (SSSR count). The molecule has 0 spiro atoms. The molecule has 0 atom stereocenters. The molecule has 1 aliphatic carbocycles. The van der Waals surface area contributed by atoms with Gasteiger partial charge in [-0.15, -0.1) is 11.3 Å². The number of hydrogen-bond acceptors (Lipinski definition) is 4. The fourth-order valence-electron chi connectivity index (χ4n) is 2.80. The lowest BCUT2D eigenvalue weighted by Crippen LogP contribution is -2.43. The second-order valence-corrected chi connectivity index (χ2v) is 6.09. The highest BCUT2D eigenvalue weighted by molar-refractivity contribution is 7.09. The lowest BCUT2D eigenvalue weighted by Gasteiger charge is -2.27. The van der Waals surface area contributed by atoms with Crippen molar-refractivity contribution in [3.05, 3.63) is 40.2 Å². The second kappa shape index (κ2) is 5.40. The van der Waals surface area contributed by atoms with Gasteiger partial charge in [-0.1, -0.05) is 19.8 Å². The number of carbonyl (C=O) groups is 1. The smallest absolute Gasteiger partial charge is 0.287 e. The predicted molar refractivity (Wildman–Crippen MR) is 77.8 cm³/mol. The van der Waals surface area contributed by atoms with Gasteiger partial charge in [0.05, 0.1) is 5.54 Å². The van der Waals surface area contributed by atoms with Crippen LogP contribution in [0.2, 0.25) is 0 Å². The maximum absolute atomic E-state index is 12.4. The Hall–Kier alpha value is -1.62. The molecule has 1 amide bonds. The molecule has 0 radical (unpaired) electrons. The predicted octanol–water partition coefficient (Wildman–Crippen LogP) is 3.50. The zero-order chi connectivity index (χ0) is 14.0. The fraction of sp³-hybridized carbons (Fsp3) is 0.467. The molecule has 5 heteroatoms. The van der Waals surface area contributed by atoms with Gasteiger partial charge in [0.2, 0.25) is 0 Å². The quantitative estimate of drug-likeness (QED) is 0.937. The highest BCUT2D eigenvalue weighted by atomic mass is 32.1. The maximum atomic E-state index is 12.4. The summed E-state index contributed by atoms with van der Waals surface area (Å²) < 4.78 is 5.54. The zero-order valence-corrected chi connectivity index (χ0v) is 12.3. The van der Waals surface area contributed by atoms with Crippen molar-refractivity contribution >= 4 is 17.2 Å². The summed E-state index contributed by atoms with van der Waals surface area (Å²) in [6.45, 7) is 2.01. The first kappa shape index (κ1) is 13.4. The van der Waals surface area contributed by atoms with Gasteiger partial charge in [0.1, 0.15) is 10.8 Å². The van der Waals surface area contributed by atoms with E-state index < -0.39 is 0 Å². The summed E-state index contributed by atoms with van der Waals surface area (Å²) in [5.74, 6) is 1.09. The number of furan rings is 1. The van der Waals surface area contributed by atoms with Gasteiger partial charge in [-0.05, 0) is 25.0 Å². The molecule has 1 N–H and O–H groups in total. The number of amides is 1. The minimum Gasteiger partial charge on any atom is -0.456 e. The first-order chi connectivity index (χ1) is 9.73. The number of aryl methyl sites for hydroxylation is 1. The molecule has 2 aromatic heterocycles. The molecular weight excluding hydrogens is 272 g/mol. The van der Waals surface area contributed by atoms with E-state index in [0.717, 1.165) is 42.9 Å². The molecule has 1 aliphatic rings. The topological polar surface area (TPSA) is 55.1 Å². The van der Waals surface area contributed by atoms with Gasteiger partial charge in [0.25, 0.3) is 5.91 Å². The van der Waals surface area contributed by atoms with Crippen molar-refractivity contribution in [1.82, 2.24) is 10.3 Å². The Labute approximate surface area is 122 Å². The Morgan fingerprint density at radius 2 is 2.25 bits per heavy atom. The van der Waals surface area contributed by atoms with Crippen LogP contribution in [0.5, 0.6) is 0 Å². The minimum atomic E-state index is -0.301. The Morgan fingerprint density at radius 3 is 2.85 bits per heavy atom. The van der Waals surface area contributed by atoms with E-state index >= 15 is 0 Å². The number of thiazole rings is 1. The molecule has 2 aromatic rings. The standard InChI is InChI=1S/C15H18N2O2S/c1-2-11-5-6-12(19-11)13(18)17-15(7-3-4-8-15)14-16-9-10-20-14/h5-6,9-10H,2-4,7-8H2,1H3,(H,17,18). The van der Waals surface area contributed by atoms with Gasteiger partial charge in [-0.2, -0.15) is 0 Å². The number of rotatable bonds is 4. The zero-order valence-electron chi connectivity index (χ0n) is 11.5. The van der Waals surface area contributed by atoms with E-state index in [1.165, 1.54) is 0 Å². The van der Waals surface area contributed by atoms with Gasteiger partial charge < -0.3 is 9.73 Å². The summed E-state index contributed by atoms with van der Waals surface area (Å²) in [6.07, 6.45) is 6.75. The molecule has 1 saturated carbocycles. The van der Waals surface area contributed by atoms with E-state index in [0.29, 0.717) is 5.76 Å². The van der Waals surface area contributed by atoms with Crippen LogP contribution in [-0.4, -0.2) is 10.9 Å². The monoisotopic (exact) mass is 290 g/mol. The molecule has 0 bridgehead atoms. The molecule has 20 heavy (non-hydrogen) atoms. The van der Waals surface area contributed by atoms with Crippen molar-refractivity contribution in [3.63, 3.8) is 0 Å². The highest BCUT2D eigenvalue weighted by Crippen LogP contribution is 2.39. The highest BCUT2D eigenvalue weighted by Gasteiger charge is 2.39. The molecule has 4 nitrogen and oxygen atoms in total. The van der Waals surface area contributed by atoms with E-state index in [2.05, 4.69) is 10.3 Å². The molecule has 2 heterocycles. The largest absolute Gasteiger partial charge is 0.456 e. The van der Waals surface area contributed by atoms with Gasteiger partial charge in [-0.3, -0.25) is 4.79 Å². The summed E-state index contributed by atoms with van der Waals surface area (Å²) in [5.41, 5.74) is -0.301. The summed E-state index contributed by atoms with van der Waals surface area (Å²) in [7, 11) is 0. The third-order valence-corrected chi connectivity index (χ3v) is 4.86. The Balaban J connectivity index is 1.82. The SMILES string of the molecule is CCc1ccc(C(=O)NC2(c3nccs3)CCCC2)o1. The van der Waals surface area contributed by atoms with Crippen LogP contribution < -0.4 is 5.32 Å². The van der Waals surface area contributed by atoms with Crippen LogP contribution in [0.4, 0.5) is 0 Å². The van der Waals surface area contributed by atoms with Crippen LogP contribution in [-0.2, 0) is 12.0 Å². The van der Waals surface area contributed by atoms with E-state index in [1.54, 1.807) is 23.6 Å². The Bertz CT molecular complexity index is 583. The molecule has 0 aliphatic heterocycles. The number of aromatic nitrogens is 1. The van der Waals surface area contributed by atoms with Crippen LogP contribution in [0.1, 0.15) is 53.9 Å². The number of nitrogens with one attached hydrogen (secondary N) is 1. The minimum absolute atomic E-state index is 0.137. The van der Waals surface area contributed by atoms with Crippen molar-refractivity contribution < 1.29 is 9.21 Å². The van der Waals surface area contributed by atoms with Crippen LogP contribution in [0.25, 0.3) is 0 Å². The molecule has 0 unspecified atom stereocenters. The van der Waals surface area contributed by atoms with Crippen molar-refractivity contribution in [3.8, 4) is 0 Å². The Kier molecular flexibility index (Phi) is 3.61. The lowest BCUT2D eigenvalue weighted by molar-refractivity contribution is 0.0867. The lowest BCUT2D eigenvalue weighted by atomic mass is 9.98. The molecule has 1 fully saturated rings. The molecular formula is C15H18N2O2S. The van der Waals surface area contributed by atoms with Gasteiger partial charge in [0.15, 0.2) is 5.76 Å². The second-order valence-electron chi connectivity index (χ2n) is 5.20. The number of nitrogens with zero attached hydrogens (tertiary/aromatic N) is 1. The summed E-state index contributed by atoms with van der Waals surface area (Å²) >= 11 is 1.61. The van der Waals surface area contributed by atoms with Crippen molar-refractivity contribution in [2.75, 3.05) is 0 Å². The summed E-state index contributed by atoms with van der Waals surface area (Å²) in [6, 6.07) is 3.61. The number of carbonyl (C=O) groups excluding carboxylic acids is 1. The van der Waals surface area contributed by atoms with Crippen molar-refractivity contribution in [2.45, 2.75) is 44.6 Å². The van der Waals surface area contributed by atoms with Crippen molar-refractivity contribution in [2.24, 2.45) is 0 Å². The van der Waals surface area contributed by atoms with Crippen LogP contribution in [0, 0.1) is 0 Å². The van der Waals surface area contributed by atoms with Crippen LogP contribution in [0.3, 0.4) is 0 Å². The summed E-state index contributed by atoms with van der Waals surface area (Å²) in [5, 5.41) is 6.13. The van der Waals surface area contributed by atoms with E-state index in [9.17, 15) is 4.79 Å². The molecule has 0 aromatic carbocycles. The van der Waals surface area contributed by atoms with Crippen molar-refractivity contribution in [1.29, 1.82) is 0 Å². The summed E-state index contributed by atoms with van der Waals surface area (Å²) in [4.78, 5) is 16.8. The maximum Gasteiger partial charge on any atom is 0.287 e. The van der Waals surface area contributed by atoms with E-state index in [4.69, 9.17) is 4.42 Å². The number of hydrogen-bond donors (Lipinski definition) is 1. The van der Waals surface area contributed by atoms with Gasteiger partial charge in [0, 0.05) is 18.0 Å². The average molecular weight is 290 g/mol. The fourth-order valence-corrected chi connectivity index (χ4v) is 3.65. The third kappa shape index (κ3) is 2.38. The van der Waals surface area contributed by atoms with E-state index in [-0.39, 0.29) is 11.4 Å². The third-order valence-electron chi connectivity index (χ3n) is 3.89. The normalized spacial score (nSPS) is 17.2. The van der Waals surface area contributed by atoms with Crippen LogP contribution >= 0.6 is 11.3 Å². The first-order valence-corrected chi connectivity index (χ1v) is 7.93. The van der Waals surface area contributed by atoms with Crippen LogP contribution in [0.15, 0.2) is 28.1 Å². The first-order valence-electron chi connectivity index (χ1n) is 7.05. The molecule has 106 valence electrons. The molecule has 0 saturated heterocycles. The van der Waals surface area contributed by atoms with Gasteiger partial charge in [-0.25, -0.2) is 4.98 Å². The average Bonchev–Trinajstić information content (AvgIpc) is 3.19. The Morgan fingerprint density at radius 1 is 1.45 bits per heavy atom. The van der Waals surface area contributed by atoms with E-state index in [1.807, 2.05) is 18.4 Å². The van der Waals surface area contributed by atoms with Gasteiger partial charge >= 0.3 is 0 Å².